The predicted octanol–water partition coefficient (Wildman–Crippen LogP) is 3.23. The fourth-order valence-electron chi connectivity index (χ4n) is 1.49. The van der Waals surface area contributed by atoms with Crippen LogP contribution in [0.1, 0.15) is 13.3 Å². The van der Waals surface area contributed by atoms with Crippen molar-refractivity contribution in [3.05, 3.63) is 28.2 Å². The summed E-state index contributed by atoms with van der Waals surface area (Å²) >= 11 is 11.7. The molecular formula is C12H16Cl2N2O2. The number of carbonyl (C=O) groups is 1. The van der Waals surface area contributed by atoms with Gasteiger partial charge in [0.15, 0.2) is 0 Å². The van der Waals surface area contributed by atoms with Crippen molar-refractivity contribution >= 4 is 34.9 Å². The Morgan fingerprint density at radius 1 is 1.39 bits per heavy atom. The van der Waals surface area contributed by atoms with E-state index in [0.29, 0.717) is 28.8 Å². The Labute approximate surface area is 116 Å². The summed E-state index contributed by atoms with van der Waals surface area (Å²) in [4.78, 5) is 13.5. The number of nitrogens with one attached hydrogen (secondary N) is 1. The van der Waals surface area contributed by atoms with Crippen molar-refractivity contribution in [2.24, 2.45) is 0 Å². The highest BCUT2D eigenvalue weighted by molar-refractivity contribution is 6.36. The monoisotopic (exact) mass is 290 g/mol. The number of hydrogen-bond acceptors (Lipinski definition) is 2. The molecule has 0 atom stereocenters. The molecule has 0 unspecified atom stereocenters. The molecule has 2 N–H and O–H groups in total. The quantitative estimate of drug-likeness (QED) is 0.875. The van der Waals surface area contributed by atoms with E-state index in [0.717, 1.165) is 6.42 Å². The van der Waals surface area contributed by atoms with Crippen LogP contribution in [0.2, 0.25) is 10.0 Å². The van der Waals surface area contributed by atoms with E-state index in [-0.39, 0.29) is 12.6 Å². The molecule has 4 nitrogen and oxygen atoms in total. The average Bonchev–Trinajstić information content (AvgIpc) is 2.32. The highest BCUT2D eigenvalue weighted by atomic mass is 35.5. The first-order chi connectivity index (χ1) is 8.58. The number of aliphatic hydroxyl groups excluding tert-OH is 1. The molecule has 0 spiro atoms. The zero-order valence-electron chi connectivity index (χ0n) is 10.1. The number of nitrogens with zero attached hydrogens (tertiary/aromatic N) is 1. The normalized spacial score (nSPS) is 10.2. The number of benzene rings is 1. The number of aliphatic hydroxyl groups is 1. The Bertz CT molecular complexity index is 407. The second-order valence-electron chi connectivity index (χ2n) is 3.76. The van der Waals surface area contributed by atoms with Gasteiger partial charge in [0.2, 0.25) is 0 Å². The van der Waals surface area contributed by atoms with Gasteiger partial charge < -0.3 is 15.3 Å². The van der Waals surface area contributed by atoms with Crippen molar-refractivity contribution in [3.63, 3.8) is 0 Å². The minimum Gasteiger partial charge on any atom is -0.395 e. The molecule has 2 amide bonds. The second kappa shape index (κ2) is 7.46. The number of anilines is 1. The van der Waals surface area contributed by atoms with Crippen molar-refractivity contribution in [3.8, 4) is 0 Å². The van der Waals surface area contributed by atoms with Gasteiger partial charge in [-0.25, -0.2) is 4.79 Å². The van der Waals surface area contributed by atoms with Crippen LogP contribution < -0.4 is 5.32 Å². The smallest absolute Gasteiger partial charge is 0.321 e. The maximum absolute atomic E-state index is 11.9. The molecule has 6 heteroatoms. The molecular weight excluding hydrogens is 275 g/mol. The number of carbonyl (C=O) groups excluding carboxylic acids is 1. The molecule has 0 radical (unpaired) electrons. The Morgan fingerprint density at radius 3 is 2.67 bits per heavy atom. The average molecular weight is 291 g/mol. The van der Waals surface area contributed by atoms with E-state index in [1.807, 2.05) is 6.92 Å². The first-order valence-electron chi connectivity index (χ1n) is 5.70. The van der Waals surface area contributed by atoms with Gasteiger partial charge in [-0.3, -0.25) is 0 Å². The van der Waals surface area contributed by atoms with Crippen LogP contribution in [0.5, 0.6) is 0 Å². The molecule has 18 heavy (non-hydrogen) atoms. The first kappa shape index (κ1) is 15.1. The summed E-state index contributed by atoms with van der Waals surface area (Å²) < 4.78 is 0. The maximum atomic E-state index is 11.9. The molecule has 0 saturated carbocycles. The van der Waals surface area contributed by atoms with E-state index < -0.39 is 0 Å². The van der Waals surface area contributed by atoms with Gasteiger partial charge in [-0.2, -0.15) is 0 Å². The van der Waals surface area contributed by atoms with Crippen LogP contribution in [0.3, 0.4) is 0 Å². The largest absolute Gasteiger partial charge is 0.395 e. The van der Waals surface area contributed by atoms with Gasteiger partial charge in [0.05, 0.1) is 17.3 Å². The first-order valence-corrected chi connectivity index (χ1v) is 6.46. The van der Waals surface area contributed by atoms with E-state index in [2.05, 4.69) is 5.32 Å². The van der Waals surface area contributed by atoms with Gasteiger partial charge in [0, 0.05) is 18.1 Å². The standard InChI is InChI=1S/C12H16Cl2N2O2/c1-2-5-16(6-7-17)12(18)15-11-4-3-9(13)8-10(11)14/h3-4,8,17H,2,5-7H2,1H3,(H,15,18). The van der Waals surface area contributed by atoms with E-state index in [4.69, 9.17) is 28.3 Å². The molecule has 0 aliphatic carbocycles. The van der Waals surface area contributed by atoms with E-state index >= 15 is 0 Å². The predicted molar refractivity (Wildman–Crippen MR) is 74.4 cm³/mol. The highest BCUT2D eigenvalue weighted by Gasteiger charge is 2.13. The number of urea groups is 1. The lowest BCUT2D eigenvalue weighted by Gasteiger charge is -2.21. The molecule has 0 heterocycles. The van der Waals surface area contributed by atoms with E-state index in [1.54, 1.807) is 18.2 Å². The van der Waals surface area contributed by atoms with Crippen LogP contribution in [0, 0.1) is 0 Å². The summed E-state index contributed by atoms with van der Waals surface area (Å²) in [6.07, 6.45) is 0.821. The number of halogens is 2. The third-order valence-electron chi connectivity index (χ3n) is 2.32. The van der Waals surface area contributed by atoms with Crippen molar-refractivity contribution in [2.75, 3.05) is 25.0 Å². The molecule has 0 fully saturated rings. The van der Waals surface area contributed by atoms with Crippen LogP contribution in [0.4, 0.5) is 10.5 Å². The maximum Gasteiger partial charge on any atom is 0.321 e. The van der Waals surface area contributed by atoms with E-state index in [1.165, 1.54) is 4.90 Å². The molecule has 0 aliphatic heterocycles. The summed E-state index contributed by atoms with van der Waals surface area (Å²) in [5.41, 5.74) is 0.505. The Kier molecular flexibility index (Phi) is 6.25. The topological polar surface area (TPSA) is 52.6 Å². The van der Waals surface area contributed by atoms with Gasteiger partial charge in [0.25, 0.3) is 0 Å². The highest BCUT2D eigenvalue weighted by Crippen LogP contribution is 2.25. The SMILES string of the molecule is CCCN(CCO)C(=O)Nc1ccc(Cl)cc1Cl. The van der Waals surface area contributed by atoms with Crippen LogP contribution in [-0.4, -0.2) is 35.7 Å². The molecule has 0 bridgehead atoms. The van der Waals surface area contributed by atoms with Crippen LogP contribution in [-0.2, 0) is 0 Å². The van der Waals surface area contributed by atoms with Crippen molar-refractivity contribution in [1.29, 1.82) is 0 Å². The summed E-state index contributed by atoms with van der Waals surface area (Å²) in [5.74, 6) is 0. The van der Waals surface area contributed by atoms with Gasteiger partial charge in [-0.1, -0.05) is 30.1 Å². The molecule has 1 aromatic rings. The fraction of sp³-hybridized carbons (Fsp3) is 0.417. The number of amides is 2. The molecule has 0 saturated heterocycles. The van der Waals surface area contributed by atoms with Crippen molar-refractivity contribution in [2.45, 2.75) is 13.3 Å². The number of rotatable bonds is 5. The lowest BCUT2D eigenvalue weighted by atomic mass is 10.3. The third-order valence-corrected chi connectivity index (χ3v) is 2.87. The fourth-order valence-corrected chi connectivity index (χ4v) is 1.95. The van der Waals surface area contributed by atoms with Gasteiger partial charge in [-0.05, 0) is 24.6 Å². The van der Waals surface area contributed by atoms with Crippen LogP contribution in [0.25, 0.3) is 0 Å². The Morgan fingerprint density at radius 2 is 2.11 bits per heavy atom. The lowest BCUT2D eigenvalue weighted by Crippen LogP contribution is -2.37. The summed E-state index contributed by atoms with van der Waals surface area (Å²) in [5, 5.41) is 12.5. The molecule has 100 valence electrons. The number of hydrogen-bond donors (Lipinski definition) is 2. The molecule has 0 aliphatic rings. The Balaban J connectivity index is 2.72. The van der Waals surface area contributed by atoms with Crippen molar-refractivity contribution in [1.82, 2.24) is 4.90 Å². The molecule has 1 rings (SSSR count). The zero-order chi connectivity index (χ0) is 13.5. The Hall–Kier alpha value is -0.970. The van der Waals surface area contributed by atoms with E-state index in [9.17, 15) is 4.79 Å². The molecule has 0 aromatic heterocycles. The second-order valence-corrected chi connectivity index (χ2v) is 4.61. The van der Waals surface area contributed by atoms with Gasteiger partial charge in [-0.15, -0.1) is 0 Å². The summed E-state index contributed by atoms with van der Waals surface area (Å²) in [6, 6.07) is 4.58. The van der Waals surface area contributed by atoms with Crippen molar-refractivity contribution < 1.29 is 9.90 Å². The zero-order valence-corrected chi connectivity index (χ0v) is 11.6. The van der Waals surface area contributed by atoms with Gasteiger partial charge in [0.1, 0.15) is 0 Å². The van der Waals surface area contributed by atoms with Gasteiger partial charge >= 0.3 is 6.03 Å². The summed E-state index contributed by atoms with van der Waals surface area (Å²) in [7, 11) is 0. The molecule has 1 aromatic carbocycles. The minimum atomic E-state index is -0.282. The lowest BCUT2D eigenvalue weighted by molar-refractivity contribution is 0.188. The third kappa shape index (κ3) is 4.37. The minimum absolute atomic E-state index is 0.0677. The van der Waals surface area contributed by atoms with Crippen LogP contribution in [0.15, 0.2) is 18.2 Å². The van der Waals surface area contributed by atoms with Crippen LogP contribution >= 0.6 is 23.2 Å². The summed E-state index contributed by atoms with van der Waals surface area (Å²) in [6.45, 7) is 2.77.